The Morgan fingerprint density at radius 1 is 1.53 bits per heavy atom. The van der Waals surface area contributed by atoms with Crippen molar-refractivity contribution in [2.24, 2.45) is 5.41 Å². The van der Waals surface area contributed by atoms with Crippen molar-refractivity contribution >= 4 is 12.0 Å². The molecule has 6 nitrogen and oxygen atoms in total. The van der Waals surface area contributed by atoms with Gasteiger partial charge in [-0.15, -0.1) is 6.58 Å². The van der Waals surface area contributed by atoms with Crippen LogP contribution in [0.15, 0.2) is 12.7 Å². The Morgan fingerprint density at radius 2 is 2.21 bits per heavy atom. The second kappa shape index (κ2) is 7.13. The molecule has 1 fully saturated rings. The molecule has 2 N–H and O–H groups in total. The molecule has 0 unspecified atom stereocenters. The topological polar surface area (TPSA) is 78.9 Å². The number of carbonyl (C=O) groups is 2. The fourth-order valence-electron chi connectivity index (χ4n) is 1.92. The summed E-state index contributed by atoms with van der Waals surface area (Å²) in [6.45, 7) is 4.68. The number of carboxylic acids is 1. The van der Waals surface area contributed by atoms with Crippen LogP contribution in [0.5, 0.6) is 0 Å². The first-order valence-corrected chi connectivity index (χ1v) is 6.37. The fraction of sp³-hybridized carbons (Fsp3) is 0.692. The van der Waals surface area contributed by atoms with E-state index in [1.165, 1.54) is 11.0 Å². The van der Waals surface area contributed by atoms with Crippen molar-refractivity contribution in [1.82, 2.24) is 10.2 Å². The van der Waals surface area contributed by atoms with Crippen molar-refractivity contribution in [2.45, 2.75) is 19.3 Å². The van der Waals surface area contributed by atoms with Crippen molar-refractivity contribution in [2.75, 3.05) is 33.4 Å². The van der Waals surface area contributed by atoms with Gasteiger partial charge in [0.15, 0.2) is 0 Å². The molecule has 0 spiro atoms. The van der Waals surface area contributed by atoms with Crippen LogP contribution in [0.3, 0.4) is 0 Å². The fourth-order valence-corrected chi connectivity index (χ4v) is 1.92. The summed E-state index contributed by atoms with van der Waals surface area (Å²) in [5.74, 6) is -1.03. The molecule has 0 heterocycles. The van der Waals surface area contributed by atoms with Crippen LogP contribution in [0, 0.1) is 5.41 Å². The largest absolute Gasteiger partial charge is 0.480 e. The molecule has 1 aliphatic rings. The van der Waals surface area contributed by atoms with Crippen LogP contribution in [-0.2, 0) is 9.53 Å². The average molecular weight is 270 g/mol. The molecule has 0 saturated heterocycles. The maximum atomic E-state index is 11.9. The number of hydrogen-bond acceptors (Lipinski definition) is 3. The summed E-state index contributed by atoms with van der Waals surface area (Å²) in [7, 11) is 1.66. The van der Waals surface area contributed by atoms with E-state index in [0.717, 1.165) is 19.3 Å². The highest BCUT2D eigenvalue weighted by Gasteiger charge is 2.42. The molecule has 0 atom stereocenters. The number of rotatable bonds is 9. The number of amides is 2. The van der Waals surface area contributed by atoms with Crippen molar-refractivity contribution in [3.63, 3.8) is 0 Å². The van der Waals surface area contributed by atoms with E-state index in [4.69, 9.17) is 9.84 Å². The summed E-state index contributed by atoms with van der Waals surface area (Å²) in [4.78, 5) is 23.8. The Labute approximate surface area is 113 Å². The number of carbonyl (C=O) groups excluding carboxylic acids is 1. The maximum Gasteiger partial charge on any atom is 0.323 e. The van der Waals surface area contributed by atoms with Gasteiger partial charge in [-0.1, -0.05) is 6.08 Å². The number of nitrogens with one attached hydrogen (secondary N) is 1. The minimum Gasteiger partial charge on any atom is -0.480 e. The summed E-state index contributed by atoms with van der Waals surface area (Å²) in [5.41, 5.74) is 0.148. The van der Waals surface area contributed by atoms with Gasteiger partial charge in [0.2, 0.25) is 0 Å². The Kier molecular flexibility index (Phi) is 5.82. The highest BCUT2D eigenvalue weighted by atomic mass is 16.5. The van der Waals surface area contributed by atoms with Crippen LogP contribution in [0.2, 0.25) is 0 Å². The molecule has 0 aliphatic heterocycles. The van der Waals surface area contributed by atoms with Gasteiger partial charge in [0.05, 0.1) is 0 Å². The predicted octanol–water partition coefficient (Wildman–Crippen LogP) is 1.09. The molecule has 1 saturated carbocycles. The molecule has 0 radical (unpaired) electrons. The number of aliphatic carboxylic acids is 1. The number of methoxy groups -OCH3 is 1. The Hall–Kier alpha value is -1.56. The molecule has 0 aromatic heterocycles. The molecule has 108 valence electrons. The number of urea groups is 1. The summed E-state index contributed by atoms with van der Waals surface area (Å²) < 4.78 is 5.05. The van der Waals surface area contributed by atoms with Crippen molar-refractivity contribution in [3.8, 4) is 0 Å². The Balaban J connectivity index is 2.39. The minimum atomic E-state index is -1.03. The lowest BCUT2D eigenvalue weighted by molar-refractivity contribution is -0.137. The van der Waals surface area contributed by atoms with E-state index in [2.05, 4.69) is 11.9 Å². The standard InChI is InChI=1S/C13H22N2O4/c1-3-7-15(9-11(16)17)12(18)14-10-13(4-5-13)6-8-19-2/h3H,1,4-10H2,2H3,(H,14,18)(H,16,17). The molecular formula is C13H22N2O4. The molecular weight excluding hydrogens is 248 g/mol. The first-order valence-electron chi connectivity index (χ1n) is 6.37. The zero-order valence-electron chi connectivity index (χ0n) is 11.4. The zero-order valence-corrected chi connectivity index (χ0v) is 11.4. The average Bonchev–Trinajstić information content (AvgIpc) is 3.13. The first-order chi connectivity index (χ1) is 9.03. The quantitative estimate of drug-likeness (QED) is 0.615. The van der Waals surface area contributed by atoms with Gasteiger partial charge >= 0.3 is 12.0 Å². The van der Waals surface area contributed by atoms with E-state index in [-0.39, 0.29) is 24.5 Å². The van der Waals surface area contributed by atoms with Crippen LogP contribution in [0.25, 0.3) is 0 Å². The second-order valence-corrected chi connectivity index (χ2v) is 4.96. The molecule has 0 aromatic rings. The van der Waals surface area contributed by atoms with E-state index in [1.54, 1.807) is 7.11 Å². The van der Waals surface area contributed by atoms with Gasteiger partial charge < -0.3 is 20.1 Å². The lowest BCUT2D eigenvalue weighted by Crippen LogP contribution is -2.44. The molecule has 2 amide bonds. The van der Waals surface area contributed by atoms with Crippen molar-refractivity contribution in [1.29, 1.82) is 0 Å². The van der Waals surface area contributed by atoms with Crippen LogP contribution < -0.4 is 5.32 Å². The van der Waals surface area contributed by atoms with Gasteiger partial charge in [0.25, 0.3) is 0 Å². The monoisotopic (exact) mass is 270 g/mol. The van der Waals surface area contributed by atoms with E-state index < -0.39 is 5.97 Å². The van der Waals surface area contributed by atoms with E-state index in [9.17, 15) is 9.59 Å². The van der Waals surface area contributed by atoms with Crippen LogP contribution >= 0.6 is 0 Å². The predicted molar refractivity (Wildman–Crippen MR) is 71.0 cm³/mol. The second-order valence-electron chi connectivity index (χ2n) is 4.96. The summed E-state index contributed by atoms with van der Waals surface area (Å²) in [6.07, 6.45) is 4.60. The smallest absolute Gasteiger partial charge is 0.323 e. The SMILES string of the molecule is C=CCN(CC(=O)O)C(=O)NCC1(CCOC)CC1. The molecule has 1 aliphatic carbocycles. The maximum absolute atomic E-state index is 11.9. The molecule has 0 bridgehead atoms. The third-order valence-corrected chi connectivity index (χ3v) is 3.37. The normalized spacial score (nSPS) is 15.6. The molecule has 0 aromatic carbocycles. The van der Waals surface area contributed by atoms with Gasteiger partial charge in [-0.2, -0.15) is 0 Å². The van der Waals surface area contributed by atoms with E-state index in [1.807, 2.05) is 0 Å². The van der Waals surface area contributed by atoms with Crippen LogP contribution in [-0.4, -0.2) is 55.4 Å². The van der Waals surface area contributed by atoms with Gasteiger partial charge in [0.1, 0.15) is 6.54 Å². The van der Waals surface area contributed by atoms with Crippen LogP contribution in [0.4, 0.5) is 4.79 Å². The number of carboxylic acid groups (broad SMARTS) is 1. The van der Waals surface area contributed by atoms with E-state index >= 15 is 0 Å². The van der Waals surface area contributed by atoms with Gasteiger partial charge in [-0.25, -0.2) is 4.79 Å². The lowest BCUT2D eigenvalue weighted by Gasteiger charge is -2.22. The van der Waals surface area contributed by atoms with Crippen molar-refractivity contribution < 1.29 is 19.4 Å². The Bertz CT molecular complexity index is 340. The Morgan fingerprint density at radius 3 is 2.68 bits per heavy atom. The third-order valence-electron chi connectivity index (χ3n) is 3.37. The zero-order chi connectivity index (χ0) is 14.3. The minimum absolute atomic E-state index is 0.148. The highest BCUT2D eigenvalue weighted by Crippen LogP contribution is 2.48. The lowest BCUT2D eigenvalue weighted by atomic mass is 10.0. The summed E-state index contributed by atoms with van der Waals surface area (Å²) >= 11 is 0. The number of ether oxygens (including phenoxy) is 1. The number of nitrogens with zero attached hydrogens (tertiary/aromatic N) is 1. The molecule has 6 heteroatoms. The highest BCUT2D eigenvalue weighted by molar-refractivity contribution is 5.80. The van der Waals surface area contributed by atoms with Gasteiger partial charge in [-0.3, -0.25) is 4.79 Å². The first kappa shape index (κ1) is 15.5. The van der Waals surface area contributed by atoms with Crippen molar-refractivity contribution in [3.05, 3.63) is 12.7 Å². The summed E-state index contributed by atoms with van der Waals surface area (Å²) in [6, 6.07) is -0.356. The number of hydrogen-bond donors (Lipinski definition) is 2. The van der Waals surface area contributed by atoms with Gasteiger partial charge in [0, 0.05) is 26.8 Å². The molecule has 19 heavy (non-hydrogen) atoms. The van der Waals surface area contributed by atoms with E-state index in [0.29, 0.717) is 13.2 Å². The van der Waals surface area contributed by atoms with Gasteiger partial charge in [-0.05, 0) is 24.7 Å². The third kappa shape index (κ3) is 5.30. The molecule has 1 rings (SSSR count). The van der Waals surface area contributed by atoms with Crippen LogP contribution in [0.1, 0.15) is 19.3 Å². The summed E-state index contributed by atoms with van der Waals surface area (Å²) in [5, 5.41) is 11.5.